The van der Waals surface area contributed by atoms with E-state index in [-0.39, 0.29) is 17.7 Å². The lowest BCUT2D eigenvalue weighted by Crippen LogP contribution is -2.40. The highest BCUT2D eigenvalue weighted by molar-refractivity contribution is 6.20. The highest BCUT2D eigenvalue weighted by Gasteiger charge is 2.08. The molecule has 1 heterocycles. The van der Waals surface area contributed by atoms with Gasteiger partial charge in [0.25, 0.3) is 0 Å². The molecule has 0 bridgehead atoms. The summed E-state index contributed by atoms with van der Waals surface area (Å²) in [7, 11) is 0. The molecule has 1 aliphatic heterocycles. The van der Waals surface area contributed by atoms with Crippen molar-refractivity contribution in [3.8, 4) is 0 Å². The van der Waals surface area contributed by atoms with Gasteiger partial charge in [-0.25, -0.2) is 0 Å². The number of rotatable bonds is 2. The highest BCUT2D eigenvalue weighted by Crippen LogP contribution is 2.00. The van der Waals surface area contributed by atoms with Crippen LogP contribution in [0.2, 0.25) is 2.82 Å². The van der Waals surface area contributed by atoms with Gasteiger partial charge in [0.15, 0.2) is 7.01 Å². The molecule has 1 rings (SSSR count). The zero-order valence-corrected chi connectivity index (χ0v) is 6.22. The molecule has 2 N–H and O–H groups in total. The van der Waals surface area contributed by atoms with Crippen molar-refractivity contribution in [2.45, 2.75) is 12.5 Å². The van der Waals surface area contributed by atoms with E-state index >= 15 is 0 Å². The van der Waals surface area contributed by atoms with Gasteiger partial charge in [-0.1, -0.05) is 11.6 Å². The van der Waals surface area contributed by atoms with Gasteiger partial charge in [-0.3, -0.25) is 5.31 Å². The van der Waals surface area contributed by atoms with Crippen molar-refractivity contribution in [2.75, 3.05) is 13.1 Å². The molecule has 0 fully saturated rings. The van der Waals surface area contributed by atoms with Crippen LogP contribution < -0.4 is 10.6 Å². The third-order valence-corrected chi connectivity index (χ3v) is 1.03. The molecule has 0 aromatic rings. The average molecular weight is 168 g/mol. The first-order valence-electron chi connectivity index (χ1n) is 5.25. The zero-order chi connectivity index (χ0) is 11.9. The standard InChI is InChI=1S/C6H11ClN2O/c1-2-10-5-3-8-6(7)9-4-5/h3,6,8-9H,2,4H2,1H3/i4D2,6D/hD2. The maximum absolute atomic E-state index is 7.54. The fraction of sp³-hybridized carbons (Fsp3) is 0.667. The minimum absolute atomic E-state index is 0.166. The van der Waals surface area contributed by atoms with E-state index in [1.165, 1.54) is 0 Å². The van der Waals surface area contributed by atoms with Crippen LogP contribution in [-0.4, -0.2) is 18.7 Å². The summed E-state index contributed by atoms with van der Waals surface area (Å²) in [5, 5.41) is 0.618. The topological polar surface area (TPSA) is 33.3 Å². The van der Waals surface area contributed by atoms with E-state index in [0.29, 0.717) is 5.31 Å². The first-order valence-corrected chi connectivity index (χ1v) is 3.23. The van der Waals surface area contributed by atoms with Crippen LogP contribution in [0, 0.1) is 0 Å². The van der Waals surface area contributed by atoms with Crippen molar-refractivity contribution < 1.29 is 11.7 Å². The second-order valence-corrected chi connectivity index (χ2v) is 1.89. The lowest BCUT2D eigenvalue weighted by atomic mass is 10.4. The number of nitrogens with one attached hydrogen (secondary N) is 2. The SMILES string of the molecule is [2H]N1C=C(OCC)C([2H])([2H])N([2H])C1([2H])Cl. The Balaban J connectivity index is 3.10. The maximum atomic E-state index is 7.54. The van der Waals surface area contributed by atoms with Crippen molar-refractivity contribution in [1.82, 2.24) is 10.6 Å². The Hall–Kier alpha value is -0.410. The number of hydrogen-bond donors (Lipinski definition) is 2. The van der Waals surface area contributed by atoms with Crippen LogP contribution in [0.5, 0.6) is 0 Å². The largest absolute Gasteiger partial charge is 0.495 e. The van der Waals surface area contributed by atoms with E-state index in [1.54, 1.807) is 6.92 Å². The quantitative estimate of drug-likeness (QED) is 0.467. The Labute approximate surface area is 72.5 Å². The Bertz CT molecular complexity index is 285. The first-order chi connectivity index (χ1) is 6.74. The number of hydrogen-bond acceptors (Lipinski definition) is 3. The Kier molecular flexibility index (Phi) is 1.22. The van der Waals surface area contributed by atoms with Gasteiger partial charge in [0.05, 0.1) is 17.2 Å². The molecule has 0 aromatic heterocycles. The van der Waals surface area contributed by atoms with Gasteiger partial charge in [-0.15, -0.1) is 0 Å². The molecule has 4 heteroatoms. The van der Waals surface area contributed by atoms with E-state index in [2.05, 4.69) is 0 Å². The van der Waals surface area contributed by atoms with Crippen molar-refractivity contribution in [1.29, 1.82) is 0 Å². The van der Waals surface area contributed by atoms with Crippen LogP contribution in [0.25, 0.3) is 0 Å². The van der Waals surface area contributed by atoms with Crippen molar-refractivity contribution in [2.24, 2.45) is 0 Å². The predicted octanol–water partition coefficient (Wildman–Crippen LogP) is 0.579. The first kappa shape index (κ1) is 3.32. The fourth-order valence-corrected chi connectivity index (χ4v) is 0.587. The normalized spacial score (nSPS) is 47.6. The second kappa shape index (κ2) is 3.68. The van der Waals surface area contributed by atoms with Gasteiger partial charge < -0.3 is 10.0 Å². The van der Waals surface area contributed by atoms with Crippen LogP contribution in [-0.2, 0) is 4.74 Å². The molecule has 0 radical (unpaired) electrons. The Morgan fingerprint density at radius 3 is 3.80 bits per heavy atom. The summed E-state index contributed by atoms with van der Waals surface area (Å²) in [6.07, 6.45) is 0.967. The molecule has 10 heavy (non-hydrogen) atoms. The molecule has 58 valence electrons. The van der Waals surface area contributed by atoms with E-state index < -0.39 is 12.1 Å². The van der Waals surface area contributed by atoms with Gasteiger partial charge in [0.1, 0.15) is 7.17 Å². The number of halogens is 1. The molecule has 0 spiro atoms. The summed E-state index contributed by atoms with van der Waals surface area (Å²) in [6.45, 7) is -0.458. The molecule has 0 aromatic carbocycles. The molecule has 1 unspecified atom stereocenters. The van der Waals surface area contributed by atoms with Crippen molar-refractivity contribution >= 4 is 11.6 Å². The Morgan fingerprint density at radius 2 is 3.10 bits per heavy atom. The van der Waals surface area contributed by atoms with Crippen molar-refractivity contribution in [3.63, 3.8) is 0 Å². The minimum atomic E-state index is -2.32. The van der Waals surface area contributed by atoms with Crippen LogP contribution in [0.1, 0.15) is 11.0 Å². The van der Waals surface area contributed by atoms with Crippen LogP contribution in [0.3, 0.4) is 0 Å². The smallest absolute Gasteiger partial charge is 0.162 e. The van der Waals surface area contributed by atoms with Crippen molar-refractivity contribution in [3.05, 3.63) is 12.0 Å². The molecule has 3 nitrogen and oxygen atoms in total. The third kappa shape index (κ3) is 2.08. The number of ether oxygens (including phenoxy) is 1. The monoisotopic (exact) mass is 167 g/mol. The molecule has 0 saturated heterocycles. The summed E-state index contributed by atoms with van der Waals surface area (Å²) < 4.78 is 42.1. The van der Waals surface area contributed by atoms with Crippen LogP contribution in [0.15, 0.2) is 12.0 Å². The second-order valence-electron chi connectivity index (χ2n) is 1.55. The van der Waals surface area contributed by atoms with E-state index in [9.17, 15) is 0 Å². The van der Waals surface area contributed by atoms with E-state index in [4.69, 9.17) is 23.3 Å². The summed E-state index contributed by atoms with van der Waals surface area (Å²) in [6, 6.07) is 0. The summed E-state index contributed by atoms with van der Waals surface area (Å²) in [5.41, 5.74) is -2.30. The van der Waals surface area contributed by atoms with Gasteiger partial charge in [-0.05, 0) is 6.92 Å². The summed E-state index contributed by atoms with van der Waals surface area (Å²) in [5.74, 6) is -0.210. The maximum Gasteiger partial charge on any atom is 0.162 e. The Morgan fingerprint density at radius 1 is 2.30 bits per heavy atom. The summed E-state index contributed by atoms with van der Waals surface area (Å²) in [4.78, 5) is 0. The average Bonchev–Trinajstić information content (AvgIpc) is 2.13. The molecule has 1 aliphatic rings. The van der Waals surface area contributed by atoms with Crippen LogP contribution >= 0.6 is 11.6 Å². The van der Waals surface area contributed by atoms with Gasteiger partial charge >= 0.3 is 0 Å². The van der Waals surface area contributed by atoms with E-state index in [0.717, 1.165) is 6.20 Å². The zero-order valence-electron chi connectivity index (χ0n) is 10.5. The molecule has 1 atom stereocenters. The van der Waals surface area contributed by atoms with Gasteiger partial charge in [0.2, 0.25) is 0 Å². The van der Waals surface area contributed by atoms with Crippen LogP contribution in [0.4, 0.5) is 0 Å². The molecular weight excluding hydrogens is 152 g/mol. The molecule has 0 aliphatic carbocycles. The van der Waals surface area contributed by atoms with Gasteiger partial charge in [0, 0.05) is 6.20 Å². The lowest BCUT2D eigenvalue weighted by Gasteiger charge is -2.20. The van der Waals surface area contributed by atoms with E-state index in [1.807, 2.05) is 0 Å². The number of alkyl halides is 1. The lowest BCUT2D eigenvalue weighted by molar-refractivity contribution is 0.211. The molecule has 0 saturated carbocycles. The highest BCUT2D eigenvalue weighted by atomic mass is 35.5. The summed E-state index contributed by atoms with van der Waals surface area (Å²) >= 11 is 5.53. The predicted molar refractivity (Wildman–Crippen MR) is 40.5 cm³/mol. The molecular formula is C6H11ClN2O. The minimum Gasteiger partial charge on any atom is -0.495 e. The van der Waals surface area contributed by atoms with Gasteiger partial charge in [-0.2, -0.15) is 0 Å². The third-order valence-electron chi connectivity index (χ3n) is 0.847. The fourth-order valence-electron chi connectivity index (χ4n) is 0.496. The molecule has 0 amide bonds.